The van der Waals surface area contributed by atoms with E-state index >= 15 is 0 Å². The van der Waals surface area contributed by atoms with Gasteiger partial charge in [-0.05, 0) is 56.4 Å². The number of rotatable bonds is 5. The van der Waals surface area contributed by atoms with Crippen LogP contribution in [0.4, 0.5) is 0 Å². The van der Waals surface area contributed by atoms with E-state index in [9.17, 15) is 4.79 Å². The van der Waals surface area contributed by atoms with Gasteiger partial charge < -0.3 is 4.90 Å². The Bertz CT molecular complexity index is 680. The van der Waals surface area contributed by atoms with Crippen molar-refractivity contribution in [3.05, 3.63) is 52.3 Å². The van der Waals surface area contributed by atoms with Gasteiger partial charge in [-0.2, -0.15) is 5.10 Å². The molecule has 24 heavy (non-hydrogen) atoms. The number of halogens is 1. The van der Waals surface area contributed by atoms with Crippen molar-refractivity contribution in [1.82, 2.24) is 15.1 Å². The Labute approximate surface area is 148 Å². The number of hydrogen-bond donors (Lipinski definition) is 1. The summed E-state index contributed by atoms with van der Waals surface area (Å²) in [6, 6.07) is 9.96. The number of aromatic amines is 1. The number of carbonyl (C=O) groups is 1. The Balaban J connectivity index is 1.48. The van der Waals surface area contributed by atoms with Crippen LogP contribution in [0.1, 0.15) is 48.6 Å². The molecule has 4 nitrogen and oxygen atoms in total. The van der Waals surface area contributed by atoms with Gasteiger partial charge in [0.1, 0.15) is 0 Å². The summed E-state index contributed by atoms with van der Waals surface area (Å²) >= 11 is 5.90. The number of hydrogen-bond acceptors (Lipinski definition) is 2. The van der Waals surface area contributed by atoms with Gasteiger partial charge in [0.05, 0.1) is 5.69 Å². The van der Waals surface area contributed by atoms with E-state index in [0.29, 0.717) is 12.3 Å². The Kier molecular flexibility index (Phi) is 5.56. The number of H-pyrrole nitrogens is 1. The van der Waals surface area contributed by atoms with Crippen LogP contribution >= 0.6 is 11.6 Å². The van der Waals surface area contributed by atoms with Crippen LogP contribution in [0.3, 0.4) is 0 Å². The molecule has 1 N–H and O–H groups in total. The number of benzene rings is 1. The highest BCUT2D eigenvalue weighted by molar-refractivity contribution is 6.30. The summed E-state index contributed by atoms with van der Waals surface area (Å²) in [4.78, 5) is 14.5. The fraction of sp³-hybridized carbons (Fsp3) is 0.474. The largest absolute Gasteiger partial charge is 0.342 e. The lowest BCUT2D eigenvalue weighted by molar-refractivity contribution is -0.132. The number of aryl methyl sites for hydroxylation is 2. The second-order valence-corrected chi connectivity index (χ2v) is 7.07. The lowest BCUT2D eigenvalue weighted by Gasteiger charge is -2.32. The van der Waals surface area contributed by atoms with Gasteiger partial charge in [0.2, 0.25) is 5.91 Å². The molecule has 1 aliphatic rings. The van der Waals surface area contributed by atoms with E-state index in [1.807, 2.05) is 36.1 Å². The fourth-order valence-electron chi connectivity index (χ4n) is 3.35. The first kappa shape index (κ1) is 17.0. The summed E-state index contributed by atoms with van der Waals surface area (Å²) in [6.45, 7) is 3.68. The normalized spacial score (nSPS) is 17.9. The molecule has 1 aromatic heterocycles. The first-order chi connectivity index (χ1) is 11.6. The third-order valence-corrected chi connectivity index (χ3v) is 4.94. The summed E-state index contributed by atoms with van der Waals surface area (Å²) in [5.41, 5.74) is 3.40. The summed E-state index contributed by atoms with van der Waals surface area (Å²) in [5, 5.41) is 8.12. The van der Waals surface area contributed by atoms with Gasteiger partial charge in [-0.15, -0.1) is 0 Å². The lowest BCUT2D eigenvalue weighted by atomic mass is 9.94. The predicted molar refractivity (Wildman–Crippen MR) is 96.3 cm³/mol. The summed E-state index contributed by atoms with van der Waals surface area (Å²) in [5.74, 6) is 0.629. The second-order valence-electron chi connectivity index (χ2n) is 6.63. The van der Waals surface area contributed by atoms with Gasteiger partial charge in [-0.3, -0.25) is 9.89 Å². The number of piperidine rings is 1. The third kappa shape index (κ3) is 4.38. The number of amides is 1. The number of carbonyl (C=O) groups excluding carboxylic acids is 1. The molecule has 2 heterocycles. The van der Waals surface area contributed by atoms with E-state index in [1.165, 1.54) is 5.56 Å². The van der Waals surface area contributed by atoms with Crippen molar-refractivity contribution in [1.29, 1.82) is 0 Å². The molecule has 1 aliphatic heterocycles. The van der Waals surface area contributed by atoms with E-state index in [2.05, 4.69) is 16.3 Å². The SMILES string of the molecule is Cc1cc([C@@H]2CCCN(C(=O)CCCc3ccc(Cl)cc3)C2)n[nH]1. The quantitative estimate of drug-likeness (QED) is 0.886. The fourth-order valence-corrected chi connectivity index (χ4v) is 3.47. The minimum absolute atomic E-state index is 0.265. The summed E-state index contributed by atoms with van der Waals surface area (Å²) < 4.78 is 0. The molecular weight excluding hydrogens is 322 g/mol. The van der Waals surface area contributed by atoms with E-state index < -0.39 is 0 Å². The van der Waals surface area contributed by atoms with E-state index in [0.717, 1.165) is 55.2 Å². The standard InChI is InChI=1S/C19H24ClN3O/c1-14-12-18(22-21-14)16-5-3-11-23(13-16)19(24)6-2-4-15-7-9-17(20)10-8-15/h7-10,12,16H,2-6,11,13H2,1H3,(H,21,22)/t16-/m1/s1. The summed E-state index contributed by atoms with van der Waals surface area (Å²) in [7, 11) is 0. The maximum absolute atomic E-state index is 12.5. The van der Waals surface area contributed by atoms with Crippen molar-refractivity contribution < 1.29 is 4.79 Å². The van der Waals surface area contributed by atoms with Crippen LogP contribution in [-0.4, -0.2) is 34.1 Å². The van der Waals surface area contributed by atoms with Gasteiger partial charge in [0.25, 0.3) is 0 Å². The molecule has 0 unspecified atom stereocenters. The highest BCUT2D eigenvalue weighted by Crippen LogP contribution is 2.26. The second kappa shape index (κ2) is 7.84. The van der Waals surface area contributed by atoms with Crippen molar-refractivity contribution in [2.24, 2.45) is 0 Å². The van der Waals surface area contributed by atoms with Crippen LogP contribution in [0.15, 0.2) is 30.3 Å². The number of nitrogens with zero attached hydrogens (tertiary/aromatic N) is 2. The van der Waals surface area contributed by atoms with Crippen LogP contribution in [0.25, 0.3) is 0 Å². The Hall–Kier alpha value is -1.81. The minimum atomic E-state index is 0.265. The zero-order valence-electron chi connectivity index (χ0n) is 14.1. The first-order valence-corrected chi connectivity index (χ1v) is 9.04. The molecule has 0 spiro atoms. The maximum atomic E-state index is 12.5. The zero-order chi connectivity index (χ0) is 16.9. The smallest absolute Gasteiger partial charge is 0.222 e. The van der Waals surface area contributed by atoms with Gasteiger partial charge in [-0.25, -0.2) is 0 Å². The molecule has 1 amide bonds. The molecule has 0 bridgehead atoms. The van der Waals surface area contributed by atoms with E-state index in [-0.39, 0.29) is 5.91 Å². The number of likely N-dealkylation sites (tertiary alicyclic amines) is 1. The average molecular weight is 346 g/mol. The molecule has 5 heteroatoms. The zero-order valence-corrected chi connectivity index (χ0v) is 14.9. The first-order valence-electron chi connectivity index (χ1n) is 8.66. The molecule has 0 radical (unpaired) electrons. The van der Waals surface area contributed by atoms with Gasteiger partial charge in [-0.1, -0.05) is 23.7 Å². The van der Waals surface area contributed by atoms with Crippen LogP contribution < -0.4 is 0 Å². The molecule has 1 aromatic carbocycles. The molecular formula is C19H24ClN3O. The van der Waals surface area contributed by atoms with Crippen LogP contribution in [0.2, 0.25) is 5.02 Å². The van der Waals surface area contributed by atoms with Crippen molar-refractivity contribution in [2.45, 2.75) is 44.9 Å². The van der Waals surface area contributed by atoms with Crippen molar-refractivity contribution in [2.75, 3.05) is 13.1 Å². The van der Waals surface area contributed by atoms with Crippen molar-refractivity contribution in [3.63, 3.8) is 0 Å². The molecule has 1 atom stereocenters. The highest BCUT2D eigenvalue weighted by atomic mass is 35.5. The Morgan fingerprint density at radius 1 is 1.38 bits per heavy atom. The number of nitrogens with one attached hydrogen (secondary N) is 1. The van der Waals surface area contributed by atoms with E-state index in [4.69, 9.17) is 11.6 Å². The van der Waals surface area contributed by atoms with Crippen LogP contribution in [0.5, 0.6) is 0 Å². The van der Waals surface area contributed by atoms with Gasteiger partial charge in [0.15, 0.2) is 0 Å². The van der Waals surface area contributed by atoms with E-state index in [1.54, 1.807) is 0 Å². The highest BCUT2D eigenvalue weighted by Gasteiger charge is 2.25. The topological polar surface area (TPSA) is 49.0 Å². The molecule has 0 saturated carbocycles. The Morgan fingerprint density at radius 2 is 2.17 bits per heavy atom. The molecule has 0 aliphatic carbocycles. The maximum Gasteiger partial charge on any atom is 0.222 e. The lowest BCUT2D eigenvalue weighted by Crippen LogP contribution is -2.39. The molecule has 2 aromatic rings. The molecule has 1 saturated heterocycles. The molecule has 3 rings (SSSR count). The molecule has 1 fully saturated rings. The van der Waals surface area contributed by atoms with Crippen LogP contribution in [0, 0.1) is 6.92 Å². The van der Waals surface area contributed by atoms with Gasteiger partial charge >= 0.3 is 0 Å². The summed E-state index contributed by atoms with van der Waals surface area (Å²) in [6.07, 6.45) is 4.56. The van der Waals surface area contributed by atoms with Crippen LogP contribution in [-0.2, 0) is 11.2 Å². The number of aromatic nitrogens is 2. The van der Waals surface area contributed by atoms with Gasteiger partial charge in [0, 0.05) is 36.1 Å². The third-order valence-electron chi connectivity index (χ3n) is 4.69. The van der Waals surface area contributed by atoms with Crippen molar-refractivity contribution in [3.8, 4) is 0 Å². The monoisotopic (exact) mass is 345 g/mol. The van der Waals surface area contributed by atoms with Crippen molar-refractivity contribution >= 4 is 17.5 Å². The Morgan fingerprint density at radius 3 is 2.88 bits per heavy atom. The average Bonchev–Trinajstić information content (AvgIpc) is 3.03. The minimum Gasteiger partial charge on any atom is -0.342 e. The molecule has 128 valence electrons. The predicted octanol–water partition coefficient (Wildman–Crippen LogP) is 4.10.